The number of hydrogen-bond donors (Lipinski definition) is 2. The second kappa shape index (κ2) is 6.67. The molecule has 0 bridgehead atoms. The molecule has 21 heavy (non-hydrogen) atoms. The maximum absolute atomic E-state index is 12.2. The van der Waals surface area contributed by atoms with Crippen molar-refractivity contribution in [2.75, 3.05) is 19.4 Å². The number of nitrogens with one attached hydrogen (secondary N) is 1. The molecular weight excluding hydrogens is 314 g/mol. The minimum Gasteiger partial charge on any atom is -0.496 e. The molecule has 1 aliphatic rings. The Morgan fingerprint density at radius 2 is 2.29 bits per heavy atom. The summed E-state index contributed by atoms with van der Waals surface area (Å²) in [4.78, 5) is 11.1. The summed E-state index contributed by atoms with van der Waals surface area (Å²) in [5.74, 6) is -0.0407. The number of aromatic carboxylic acids is 1. The maximum atomic E-state index is 12.2. The molecule has 2 N–H and O–H groups in total. The first-order valence-electron chi connectivity index (χ1n) is 6.46. The number of sulfonamides is 1. The first-order valence-corrected chi connectivity index (χ1v) is 9.00. The average molecular weight is 331 g/mol. The molecule has 0 aromatic heterocycles. The number of carbonyl (C=O) groups is 1. The zero-order valence-corrected chi connectivity index (χ0v) is 13.2. The minimum atomic E-state index is -3.71. The Labute approximate surface area is 127 Å². The predicted octanol–water partition coefficient (Wildman–Crippen LogP) is 1.57. The van der Waals surface area contributed by atoms with Crippen LogP contribution in [0.3, 0.4) is 0 Å². The summed E-state index contributed by atoms with van der Waals surface area (Å²) in [5.41, 5.74) is -0.171. The lowest BCUT2D eigenvalue weighted by molar-refractivity contribution is 0.0693. The van der Waals surface area contributed by atoms with Crippen molar-refractivity contribution < 1.29 is 23.1 Å². The quantitative estimate of drug-likeness (QED) is 0.822. The first-order chi connectivity index (χ1) is 9.94. The van der Waals surface area contributed by atoms with Gasteiger partial charge < -0.3 is 9.84 Å². The summed E-state index contributed by atoms with van der Waals surface area (Å²) in [6.07, 6.45) is 2.10. The van der Waals surface area contributed by atoms with Gasteiger partial charge in [0.2, 0.25) is 10.0 Å². The Morgan fingerprint density at radius 3 is 2.86 bits per heavy atom. The molecule has 116 valence electrons. The molecule has 0 aliphatic carbocycles. The number of methoxy groups -OCH3 is 1. The summed E-state index contributed by atoms with van der Waals surface area (Å²) in [5, 5.41) is 9.38. The number of carboxylic acids is 1. The zero-order valence-electron chi connectivity index (χ0n) is 11.5. The molecule has 0 saturated carbocycles. The van der Waals surface area contributed by atoms with Gasteiger partial charge in [0.25, 0.3) is 0 Å². The molecule has 0 spiro atoms. The molecule has 1 aliphatic heterocycles. The highest BCUT2D eigenvalue weighted by Gasteiger charge is 2.22. The van der Waals surface area contributed by atoms with Gasteiger partial charge in [0.05, 0.1) is 12.0 Å². The second-order valence-electron chi connectivity index (χ2n) is 4.65. The molecule has 1 fully saturated rings. The van der Waals surface area contributed by atoms with Gasteiger partial charge in [0, 0.05) is 11.8 Å². The number of rotatable bonds is 6. The Kier molecular flexibility index (Phi) is 5.13. The van der Waals surface area contributed by atoms with Crippen molar-refractivity contribution in [3.05, 3.63) is 23.8 Å². The molecule has 1 aromatic rings. The minimum absolute atomic E-state index is 0.0660. The van der Waals surface area contributed by atoms with E-state index < -0.39 is 16.0 Å². The summed E-state index contributed by atoms with van der Waals surface area (Å²) in [6, 6.07) is 3.81. The molecule has 2 rings (SSSR count). The van der Waals surface area contributed by atoms with Crippen LogP contribution in [0.2, 0.25) is 0 Å². The van der Waals surface area contributed by atoms with E-state index in [4.69, 9.17) is 9.84 Å². The molecule has 1 unspecified atom stereocenters. The van der Waals surface area contributed by atoms with Crippen LogP contribution in [0.4, 0.5) is 0 Å². The van der Waals surface area contributed by atoms with Crippen LogP contribution in [0.25, 0.3) is 0 Å². The Morgan fingerprint density at radius 1 is 1.52 bits per heavy atom. The van der Waals surface area contributed by atoms with Crippen LogP contribution in [0.15, 0.2) is 23.1 Å². The van der Waals surface area contributed by atoms with E-state index in [9.17, 15) is 13.2 Å². The van der Waals surface area contributed by atoms with E-state index in [0.29, 0.717) is 6.54 Å². The number of carboxylic acid groups (broad SMARTS) is 1. The van der Waals surface area contributed by atoms with Crippen molar-refractivity contribution in [3.63, 3.8) is 0 Å². The molecule has 1 saturated heterocycles. The van der Waals surface area contributed by atoms with E-state index >= 15 is 0 Å². The lowest BCUT2D eigenvalue weighted by atomic mass is 10.2. The van der Waals surface area contributed by atoms with Crippen molar-refractivity contribution in [1.29, 1.82) is 0 Å². The van der Waals surface area contributed by atoms with Gasteiger partial charge in [-0.15, -0.1) is 0 Å². The third-order valence-electron chi connectivity index (χ3n) is 3.24. The number of ether oxygens (including phenoxy) is 1. The Balaban J connectivity index is 2.18. The van der Waals surface area contributed by atoms with E-state index in [2.05, 4.69) is 4.72 Å². The van der Waals surface area contributed by atoms with Crippen LogP contribution in [-0.4, -0.2) is 44.2 Å². The monoisotopic (exact) mass is 331 g/mol. The normalized spacial score (nSPS) is 18.6. The van der Waals surface area contributed by atoms with Crippen LogP contribution in [0.5, 0.6) is 5.75 Å². The van der Waals surface area contributed by atoms with E-state index in [0.717, 1.165) is 24.7 Å². The van der Waals surface area contributed by atoms with Gasteiger partial charge in [0.15, 0.2) is 0 Å². The third-order valence-corrected chi connectivity index (χ3v) is 6.06. The lowest BCUT2D eigenvalue weighted by Crippen LogP contribution is -2.30. The molecule has 1 atom stereocenters. The van der Waals surface area contributed by atoms with Gasteiger partial charge in [-0.05, 0) is 36.8 Å². The first kappa shape index (κ1) is 16.1. The molecular formula is C13H17NO5S2. The number of benzene rings is 1. The van der Waals surface area contributed by atoms with Crippen molar-refractivity contribution >= 4 is 27.8 Å². The standard InChI is InChI=1S/C13H17NO5S2/c1-19-12-5-4-10(7-11(12)13(15)16)21(17,18)14-8-9-3-2-6-20-9/h4-5,7,9,14H,2-3,6,8H2,1H3,(H,15,16). The van der Waals surface area contributed by atoms with Crippen molar-refractivity contribution in [3.8, 4) is 5.75 Å². The lowest BCUT2D eigenvalue weighted by Gasteiger charge is -2.12. The Hall–Kier alpha value is -1.25. The maximum Gasteiger partial charge on any atom is 0.339 e. The summed E-state index contributed by atoms with van der Waals surface area (Å²) >= 11 is 1.75. The zero-order chi connectivity index (χ0) is 15.5. The van der Waals surface area contributed by atoms with Gasteiger partial charge in [-0.1, -0.05) is 0 Å². The van der Waals surface area contributed by atoms with Gasteiger partial charge >= 0.3 is 5.97 Å². The fourth-order valence-corrected chi connectivity index (χ4v) is 4.53. The van der Waals surface area contributed by atoms with Crippen LogP contribution < -0.4 is 9.46 Å². The highest BCUT2D eigenvalue weighted by Crippen LogP contribution is 2.26. The Bertz CT molecular complexity index is 623. The highest BCUT2D eigenvalue weighted by molar-refractivity contribution is 8.00. The fourth-order valence-electron chi connectivity index (χ4n) is 2.11. The topological polar surface area (TPSA) is 92.7 Å². The van der Waals surface area contributed by atoms with Crippen LogP contribution in [0.1, 0.15) is 23.2 Å². The van der Waals surface area contributed by atoms with Crippen molar-refractivity contribution in [2.24, 2.45) is 0 Å². The fraction of sp³-hybridized carbons (Fsp3) is 0.462. The second-order valence-corrected chi connectivity index (χ2v) is 7.83. The third kappa shape index (κ3) is 3.90. The van der Waals surface area contributed by atoms with E-state index in [1.54, 1.807) is 11.8 Å². The van der Waals surface area contributed by atoms with Crippen LogP contribution in [0, 0.1) is 0 Å². The molecule has 1 aromatic carbocycles. The van der Waals surface area contributed by atoms with Crippen molar-refractivity contribution in [1.82, 2.24) is 4.72 Å². The summed E-state index contributed by atoms with van der Waals surface area (Å²) in [6.45, 7) is 0.363. The number of hydrogen-bond acceptors (Lipinski definition) is 5. The molecule has 6 nitrogen and oxygen atoms in total. The average Bonchev–Trinajstić information content (AvgIpc) is 2.97. The largest absolute Gasteiger partial charge is 0.496 e. The van der Waals surface area contributed by atoms with Crippen LogP contribution in [-0.2, 0) is 10.0 Å². The van der Waals surface area contributed by atoms with Gasteiger partial charge in [-0.3, -0.25) is 0 Å². The van der Waals surface area contributed by atoms with Gasteiger partial charge in [-0.2, -0.15) is 11.8 Å². The smallest absolute Gasteiger partial charge is 0.339 e. The number of thioether (sulfide) groups is 1. The predicted molar refractivity (Wildman–Crippen MR) is 80.6 cm³/mol. The van der Waals surface area contributed by atoms with Crippen LogP contribution >= 0.6 is 11.8 Å². The highest BCUT2D eigenvalue weighted by atomic mass is 32.2. The molecule has 0 amide bonds. The molecule has 0 radical (unpaired) electrons. The van der Waals surface area contributed by atoms with E-state index in [-0.39, 0.29) is 21.5 Å². The van der Waals surface area contributed by atoms with Crippen molar-refractivity contribution in [2.45, 2.75) is 23.0 Å². The van der Waals surface area contributed by atoms with Gasteiger partial charge in [0.1, 0.15) is 11.3 Å². The summed E-state index contributed by atoms with van der Waals surface area (Å²) in [7, 11) is -2.37. The van der Waals surface area contributed by atoms with E-state index in [1.165, 1.54) is 19.2 Å². The molecule has 1 heterocycles. The van der Waals surface area contributed by atoms with Gasteiger partial charge in [-0.25, -0.2) is 17.9 Å². The van der Waals surface area contributed by atoms with E-state index in [1.807, 2.05) is 0 Å². The SMILES string of the molecule is COc1ccc(S(=O)(=O)NCC2CCCS2)cc1C(=O)O. The molecule has 8 heteroatoms. The summed E-state index contributed by atoms with van der Waals surface area (Å²) < 4.78 is 31.9.